The van der Waals surface area contributed by atoms with Crippen molar-refractivity contribution in [2.75, 3.05) is 25.0 Å². The van der Waals surface area contributed by atoms with E-state index in [0.29, 0.717) is 31.4 Å². The van der Waals surface area contributed by atoms with E-state index in [4.69, 9.17) is 4.74 Å². The minimum Gasteiger partial charge on any atom is -0.445 e. The van der Waals surface area contributed by atoms with Crippen LogP contribution >= 0.6 is 0 Å². The lowest BCUT2D eigenvalue weighted by Gasteiger charge is -2.41. The maximum atomic E-state index is 12.2. The van der Waals surface area contributed by atoms with Gasteiger partial charge in [0.2, 0.25) is 11.8 Å². The third-order valence-corrected chi connectivity index (χ3v) is 8.40. The number of nitrogens with one attached hydrogen (secondary N) is 3. The van der Waals surface area contributed by atoms with Crippen molar-refractivity contribution < 1.29 is 19.1 Å². The van der Waals surface area contributed by atoms with Crippen molar-refractivity contribution in [2.24, 2.45) is 5.92 Å². The van der Waals surface area contributed by atoms with Crippen LogP contribution in [0.25, 0.3) is 0 Å². The van der Waals surface area contributed by atoms with Gasteiger partial charge in [-0.2, -0.15) is 0 Å². The molecule has 5 rings (SSSR count). The Balaban J connectivity index is 0.971. The summed E-state index contributed by atoms with van der Waals surface area (Å²) in [5.74, 6) is 0.700. The monoisotopic (exact) mass is 533 g/mol. The van der Waals surface area contributed by atoms with Gasteiger partial charge >= 0.3 is 6.09 Å². The van der Waals surface area contributed by atoms with Gasteiger partial charge in [-0.3, -0.25) is 14.9 Å². The SMILES string of the molecule is O=C1CCC(c2ccc(NCC3CCN(C4CCC(NC(=O)OCc5ccccc5)CC4)CC3)nc2)C(=O)N1. The van der Waals surface area contributed by atoms with Crippen LogP contribution in [-0.4, -0.2) is 59.5 Å². The Morgan fingerprint density at radius 1 is 0.974 bits per heavy atom. The van der Waals surface area contributed by atoms with Gasteiger partial charge in [-0.25, -0.2) is 9.78 Å². The third kappa shape index (κ3) is 7.56. The second-order valence-corrected chi connectivity index (χ2v) is 11.1. The molecule has 1 atom stereocenters. The number of rotatable bonds is 8. The Hall–Kier alpha value is -3.46. The molecular formula is C30H39N5O4. The van der Waals surface area contributed by atoms with Gasteiger partial charge in [0.1, 0.15) is 12.4 Å². The zero-order valence-corrected chi connectivity index (χ0v) is 22.4. The molecule has 1 saturated carbocycles. The minimum atomic E-state index is -0.323. The van der Waals surface area contributed by atoms with Crippen LogP contribution in [0.2, 0.25) is 0 Å². The number of carbonyl (C=O) groups excluding carboxylic acids is 3. The Labute approximate surface area is 230 Å². The highest BCUT2D eigenvalue weighted by atomic mass is 16.5. The number of alkyl carbamates (subject to hydrolysis) is 1. The number of hydrogen-bond acceptors (Lipinski definition) is 7. The molecule has 3 heterocycles. The van der Waals surface area contributed by atoms with E-state index < -0.39 is 0 Å². The number of anilines is 1. The van der Waals surface area contributed by atoms with E-state index in [1.165, 1.54) is 0 Å². The normalized spacial score (nSPS) is 24.6. The van der Waals surface area contributed by atoms with Gasteiger partial charge in [0, 0.05) is 31.2 Å². The van der Waals surface area contributed by atoms with Gasteiger partial charge in [-0.15, -0.1) is 0 Å². The molecule has 0 radical (unpaired) electrons. The van der Waals surface area contributed by atoms with E-state index in [-0.39, 0.29) is 29.9 Å². The molecule has 1 aromatic carbocycles. The van der Waals surface area contributed by atoms with Crippen LogP contribution in [0, 0.1) is 5.92 Å². The molecule has 208 valence electrons. The number of benzene rings is 1. The van der Waals surface area contributed by atoms with Crippen LogP contribution in [0.15, 0.2) is 48.7 Å². The Morgan fingerprint density at radius 3 is 2.44 bits per heavy atom. The van der Waals surface area contributed by atoms with E-state index in [2.05, 4.69) is 25.8 Å². The maximum Gasteiger partial charge on any atom is 0.407 e. The molecule has 9 heteroatoms. The highest BCUT2D eigenvalue weighted by Gasteiger charge is 2.30. The van der Waals surface area contributed by atoms with Gasteiger partial charge < -0.3 is 20.3 Å². The summed E-state index contributed by atoms with van der Waals surface area (Å²) in [4.78, 5) is 42.8. The number of ether oxygens (including phenoxy) is 1. The number of imide groups is 1. The molecule has 2 aliphatic heterocycles. The standard InChI is InChI=1S/C30H39N5O4/c36-28-13-11-26(29(37)34-28)23-6-12-27(32-19-23)31-18-21-14-16-35(17-15-21)25-9-7-24(8-10-25)33-30(38)39-20-22-4-2-1-3-5-22/h1-6,12,19,21,24-26H,7-11,13-18,20H2,(H,31,32)(H,33,38)(H,34,36,37). The summed E-state index contributed by atoms with van der Waals surface area (Å²) < 4.78 is 5.38. The van der Waals surface area contributed by atoms with Crippen molar-refractivity contribution in [3.05, 3.63) is 59.8 Å². The summed E-state index contributed by atoms with van der Waals surface area (Å²) in [5, 5.41) is 8.93. The largest absolute Gasteiger partial charge is 0.445 e. The predicted molar refractivity (Wildman–Crippen MR) is 148 cm³/mol. The van der Waals surface area contributed by atoms with Crippen molar-refractivity contribution in [1.29, 1.82) is 0 Å². The van der Waals surface area contributed by atoms with Crippen LogP contribution in [-0.2, 0) is 20.9 Å². The quantitative estimate of drug-likeness (QED) is 0.440. The van der Waals surface area contributed by atoms with E-state index in [0.717, 1.165) is 75.1 Å². The number of piperidine rings is 2. The zero-order chi connectivity index (χ0) is 27.0. The molecule has 2 saturated heterocycles. The summed E-state index contributed by atoms with van der Waals surface area (Å²) in [6, 6.07) is 14.4. The summed E-state index contributed by atoms with van der Waals surface area (Å²) in [6.07, 6.45) is 8.85. The molecule has 0 spiro atoms. The molecule has 2 aromatic rings. The lowest BCUT2D eigenvalue weighted by molar-refractivity contribution is -0.134. The van der Waals surface area contributed by atoms with Crippen molar-refractivity contribution >= 4 is 23.7 Å². The smallest absolute Gasteiger partial charge is 0.407 e. The van der Waals surface area contributed by atoms with Crippen LogP contribution < -0.4 is 16.0 Å². The first kappa shape index (κ1) is 27.1. The molecule has 1 aliphatic carbocycles. The minimum absolute atomic E-state index is 0.195. The fourth-order valence-electron chi connectivity index (χ4n) is 6.02. The number of pyridine rings is 1. The summed E-state index contributed by atoms with van der Waals surface area (Å²) in [7, 11) is 0. The number of amides is 3. The molecule has 3 aliphatic rings. The summed E-state index contributed by atoms with van der Waals surface area (Å²) >= 11 is 0. The summed E-state index contributed by atoms with van der Waals surface area (Å²) in [6.45, 7) is 3.40. The molecule has 9 nitrogen and oxygen atoms in total. The van der Waals surface area contributed by atoms with E-state index in [1.54, 1.807) is 6.20 Å². The Morgan fingerprint density at radius 2 is 1.74 bits per heavy atom. The number of aromatic nitrogens is 1. The van der Waals surface area contributed by atoms with E-state index in [9.17, 15) is 14.4 Å². The lowest BCUT2D eigenvalue weighted by Crippen LogP contribution is -2.47. The van der Waals surface area contributed by atoms with Crippen LogP contribution in [0.3, 0.4) is 0 Å². The lowest BCUT2D eigenvalue weighted by atomic mass is 9.87. The molecule has 0 bridgehead atoms. The first-order valence-electron chi connectivity index (χ1n) is 14.3. The average Bonchev–Trinajstić information content (AvgIpc) is 2.97. The average molecular weight is 534 g/mol. The van der Waals surface area contributed by atoms with Gasteiger partial charge in [-0.1, -0.05) is 36.4 Å². The molecule has 1 aromatic heterocycles. The van der Waals surface area contributed by atoms with E-state index >= 15 is 0 Å². The van der Waals surface area contributed by atoms with Gasteiger partial charge in [0.25, 0.3) is 0 Å². The first-order valence-corrected chi connectivity index (χ1v) is 14.3. The number of likely N-dealkylation sites (tertiary alicyclic amines) is 1. The third-order valence-electron chi connectivity index (χ3n) is 8.40. The summed E-state index contributed by atoms with van der Waals surface area (Å²) in [5.41, 5.74) is 1.85. The topological polar surface area (TPSA) is 113 Å². The molecule has 1 unspecified atom stereocenters. The molecule has 39 heavy (non-hydrogen) atoms. The predicted octanol–water partition coefficient (Wildman–Crippen LogP) is 3.96. The zero-order valence-electron chi connectivity index (χ0n) is 22.4. The van der Waals surface area contributed by atoms with Gasteiger partial charge in [-0.05, 0) is 81.1 Å². The fourth-order valence-corrected chi connectivity index (χ4v) is 6.02. The number of nitrogens with zero attached hydrogens (tertiary/aromatic N) is 2. The molecular weight excluding hydrogens is 494 g/mol. The van der Waals surface area contributed by atoms with Crippen molar-refractivity contribution in [3.8, 4) is 0 Å². The second-order valence-electron chi connectivity index (χ2n) is 11.1. The maximum absolute atomic E-state index is 12.2. The van der Waals surface area contributed by atoms with Crippen LogP contribution in [0.4, 0.5) is 10.6 Å². The van der Waals surface area contributed by atoms with E-state index in [1.807, 2.05) is 42.5 Å². The Kier molecular flexibility index (Phi) is 9.08. The highest BCUT2D eigenvalue weighted by Crippen LogP contribution is 2.28. The first-order chi connectivity index (χ1) is 19.0. The Bertz CT molecular complexity index is 1110. The number of carbonyl (C=O) groups is 3. The molecule has 3 fully saturated rings. The van der Waals surface area contributed by atoms with Crippen molar-refractivity contribution in [1.82, 2.24) is 20.5 Å². The molecule has 3 amide bonds. The van der Waals surface area contributed by atoms with Gasteiger partial charge in [0.15, 0.2) is 0 Å². The molecule has 3 N–H and O–H groups in total. The second kappa shape index (κ2) is 13.1. The fraction of sp³-hybridized carbons (Fsp3) is 0.533. The highest BCUT2D eigenvalue weighted by molar-refractivity contribution is 6.00. The van der Waals surface area contributed by atoms with Crippen LogP contribution in [0.1, 0.15) is 68.4 Å². The van der Waals surface area contributed by atoms with Gasteiger partial charge in [0.05, 0.1) is 5.92 Å². The number of hydrogen-bond donors (Lipinski definition) is 3. The van der Waals surface area contributed by atoms with Crippen molar-refractivity contribution in [2.45, 2.75) is 76.0 Å². The van der Waals surface area contributed by atoms with Crippen molar-refractivity contribution in [3.63, 3.8) is 0 Å². The van der Waals surface area contributed by atoms with Crippen LogP contribution in [0.5, 0.6) is 0 Å².